The van der Waals surface area contributed by atoms with Crippen molar-refractivity contribution in [2.75, 3.05) is 0 Å². The maximum atomic E-state index is 2.38. The second-order valence-electron chi connectivity index (χ2n) is 15.3. The summed E-state index contributed by atoms with van der Waals surface area (Å²) in [4.78, 5) is 0. The van der Waals surface area contributed by atoms with Crippen molar-refractivity contribution in [3.63, 3.8) is 0 Å². The van der Waals surface area contributed by atoms with Crippen LogP contribution in [0.4, 0.5) is 0 Å². The molecule has 0 nitrogen and oxygen atoms in total. The van der Waals surface area contributed by atoms with Crippen LogP contribution < -0.4 is 0 Å². The smallest absolute Gasteiger partial charge is 0.00930 e. The molecule has 0 radical (unpaired) electrons. The van der Waals surface area contributed by atoms with E-state index in [9.17, 15) is 0 Å². The van der Waals surface area contributed by atoms with E-state index in [1.807, 2.05) is 0 Å². The van der Waals surface area contributed by atoms with Crippen LogP contribution in [0.25, 0.3) is 110 Å². The molecule has 270 valence electrons. The minimum atomic E-state index is 1.20. The Morgan fingerprint density at radius 1 is 0.155 bits per heavy atom. The zero-order valence-electron chi connectivity index (χ0n) is 31.9. The highest BCUT2D eigenvalue weighted by Crippen LogP contribution is 2.41. The van der Waals surface area contributed by atoms with Gasteiger partial charge in [-0.25, -0.2) is 0 Å². The average Bonchev–Trinajstić information content (AvgIpc) is 3.31. The Kier molecular flexibility index (Phi) is 8.26. The highest BCUT2D eigenvalue weighted by atomic mass is 14.2. The summed E-state index contributed by atoms with van der Waals surface area (Å²) in [6.45, 7) is 0. The van der Waals surface area contributed by atoms with Gasteiger partial charge in [-0.3, -0.25) is 0 Å². The zero-order valence-corrected chi connectivity index (χ0v) is 31.9. The molecular weight excluding hydrogens is 697 g/mol. The fourth-order valence-corrected chi connectivity index (χ4v) is 8.86. The molecule has 0 N–H and O–H groups in total. The molecule has 0 heterocycles. The van der Waals surface area contributed by atoms with Gasteiger partial charge < -0.3 is 0 Å². The molecule has 0 amide bonds. The van der Waals surface area contributed by atoms with E-state index in [1.54, 1.807) is 0 Å². The molecule has 0 atom stereocenters. The summed E-state index contributed by atoms with van der Waals surface area (Å²) >= 11 is 0. The van der Waals surface area contributed by atoms with Crippen molar-refractivity contribution in [3.05, 3.63) is 231 Å². The number of hydrogen-bond donors (Lipinski definition) is 0. The Morgan fingerprint density at radius 2 is 0.448 bits per heavy atom. The fraction of sp³-hybridized carbons (Fsp3) is 0. The van der Waals surface area contributed by atoms with Gasteiger partial charge in [0, 0.05) is 0 Å². The van der Waals surface area contributed by atoms with Crippen molar-refractivity contribution in [1.82, 2.24) is 0 Å². The Balaban J connectivity index is 1.01. The zero-order chi connectivity index (χ0) is 38.4. The topological polar surface area (TPSA) is 0 Å². The van der Waals surface area contributed by atoms with Crippen LogP contribution in [0.2, 0.25) is 0 Å². The Hall–Kier alpha value is -7.54. The third-order valence-corrected chi connectivity index (χ3v) is 11.9. The van der Waals surface area contributed by atoms with E-state index >= 15 is 0 Å². The first-order valence-electron chi connectivity index (χ1n) is 20.1. The molecule has 0 aromatic heterocycles. The third kappa shape index (κ3) is 6.04. The summed E-state index contributed by atoms with van der Waals surface area (Å²) in [6.07, 6.45) is 0. The summed E-state index contributed by atoms with van der Waals surface area (Å²) in [5.74, 6) is 0. The molecule has 0 bridgehead atoms. The van der Waals surface area contributed by atoms with E-state index in [4.69, 9.17) is 0 Å². The minimum absolute atomic E-state index is 1.20. The Morgan fingerprint density at radius 3 is 0.862 bits per heavy atom. The van der Waals surface area contributed by atoms with Crippen LogP contribution in [0.3, 0.4) is 0 Å². The SMILES string of the molecule is c1ccc(-c2ccc(-c3ccc(-c4ccc(-c5ccccc5)c5cc(-c6ccc7ccccc7c6)ccc45)cc3)c3ccc(-c4ccc5ccccc5c4)cc23)cc1. The van der Waals surface area contributed by atoms with Gasteiger partial charge in [0.05, 0.1) is 0 Å². The number of fused-ring (bicyclic) bond motifs is 4. The number of hydrogen-bond acceptors (Lipinski definition) is 0. The summed E-state index contributed by atoms with van der Waals surface area (Å²) in [5, 5.41) is 10.0. The molecular formula is C58H38. The summed E-state index contributed by atoms with van der Waals surface area (Å²) in [5.41, 5.74) is 14.7. The quantitative estimate of drug-likeness (QED) is 0.160. The van der Waals surface area contributed by atoms with Crippen molar-refractivity contribution < 1.29 is 0 Å². The van der Waals surface area contributed by atoms with E-state index in [1.165, 1.54) is 110 Å². The molecule has 11 rings (SSSR count). The normalized spacial score (nSPS) is 11.4. The van der Waals surface area contributed by atoms with Crippen LogP contribution in [-0.4, -0.2) is 0 Å². The van der Waals surface area contributed by atoms with Crippen LogP contribution in [-0.2, 0) is 0 Å². The molecule has 58 heavy (non-hydrogen) atoms. The molecule has 0 aliphatic rings. The van der Waals surface area contributed by atoms with Crippen LogP contribution in [0, 0.1) is 0 Å². The molecule has 0 saturated carbocycles. The number of benzene rings is 11. The van der Waals surface area contributed by atoms with E-state index in [0.717, 1.165) is 0 Å². The minimum Gasteiger partial charge on any atom is -0.0622 e. The first-order valence-corrected chi connectivity index (χ1v) is 20.1. The first kappa shape index (κ1) is 33.8. The van der Waals surface area contributed by atoms with Crippen molar-refractivity contribution in [3.8, 4) is 66.8 Å². The van der Waals surface area contributed by atoms with Gasteiger partial charge in [-0.1, -0.05) is 206 Å². The lowest BCUT2D eigenvalue weighted by molar-refractivity contribution is 1.60. The second-order valence-corrected chi connectivity index (χ2v) is 15.3. The maximum Gasteiger partial charge on any atom is -0.00930 e. The van der Waals surface area contributed by atoms with Gasteiger partial charge >= 0.3 is 0 Å². The molecule has 11 aromatic carbocycles. The average molecular weight is 735 g/mol. The highest BCUT2D eigenvalue weighted by molar-refractivity contribution is 6.09. The standard InChI is InChI=1S/C58H38/c1-3-13-41(14-4-1)53-33-31-51(55-29-27-49(37-57(53)55)47-25-19-39-11-7-9-17-45(39)35-47)43-21-23-44(24-22-43)52-32-34-54(42-15-5-2-6-16-42)58-38-50(28-30-56(52)58)48-26-20-40-12-8-10-18-46(40)36-48/h1-38H. The van der Waals surface area contributed by atoms with Gasteiger partial charge in [-0.2, -0.15) is 0 Å². The Bertz CT molecular complexity index is 3080. The van der Waals surface area contributed by atoms with Gasteiger partial charge in [-0.15, -0.1) is 0 Å². The first-order chi connectivity index (χ1) is 28.7. The van der Waals surface area contributed by atoms with Crippen LogP contribution in [0.1, 0.15) is 0 Å². The van der Waals surface area contributed by atoms with Gasteiger partial charge in [0.25, 0.3) is 0 Å². The van der Waals surface area contributed by atoms with Crippen molar-refractivity contribution in [2.24, 2.45) is 0 Å². The molecule has 0 aliphatic heterocycles. The van der Waals surface area contributed by atoms with Gasteiger partial charge in [-0.05, 0) is 134 Å². The predicted molar refractivity (Wildman–Crippen MR) is 249 cm³/mol. The van der Waals surface area contributed by atoms with E-state index in [0.29, 0.717) is 0 Å². The summed E-state index contributed by atoms with van der Waals surface area (Å²) in [6, 6.07) is 84.6. The molecule has 0 spiro atoms. The van der Waals surface area contributed by atoms with E-state index in [2.05, 4.69) is 231 Å². The molecule has 0 fully saturated rings. The molecule has 0 heteroatoms. The van der Waals surface area contributed by atoms with Crippen LogP contribution in [0.5, 0.6) is 0 Å². The largest absolute Gasteiger partial charge is 0.0622 e. The van der Waals surface area contributed by atoms with Crippen molar-refractivity contribution in [1.29, 1.82) is 0 Å². The maximum absolute atomic E-state index is 2.38. The summed E-state index contributed by atoms with van der Waals surface area (Å²) in [7, 11) is 0. The molecule has 11 aromatic rings. The fourth-order valence-electron chi connectivity index (χ4n) is 8.86. The highest BCUT2D eigenvalue weighted by Gasteiger charge is 2.15. The van der Waals surface area contributed by atoms with Crippen LogP contribution in [0.15, 0.2) is 231 Å². The van der Waals surface area contributed by atoms with Gasteiger partial charge in [0.15, 0.2) is 0 Å². The molecule has 0 unspecified atom stereocenters. The summed E-state index contributed by atoms with van der Waals surface area (Å²) < 4.78 is 0. The van der Waals surface area contributed by atoms with Crippen molar-refractivity contribution >= 4 is 43.1 Å². The lowest BCUT2D eigenvalue weighted by Crippen LogP contribution is -1.89. The number of rotatable bonds is 6. The van der Waals surface area contributed by atoms with Crippen molar-refractivity contribution in [2.45, 2.75) is 0 Å². The Labute approximate surface area is 339 Å². The predicted octanol–water partition coefficient (Wildman–Crippen LogP) is 16.3. The lowest BCUT2D eigenvalue weighted by Gasteiger charge is -2.16. The third-order valence-electron chi connectivity index (χ3n) is 11.9. The van der Waals surface area contributed by atoms with Gasteiger partial charge in [0.1, 0.15) is 0 Å². The molecule has 0 aliphatic carbocycles. The lowest BCUT2D eigenvalue weighted by atomic mass is 9.88. The van der Waals surface area contributed by atoms with E-state index in [-0.39, 0.29) is 0 Å². The van der Waals surface area contributed by atoms with Crippen LogP contribution >= 0.6 is 0 Å². The molecule has 0 saturated heterocycles. The monoisotopic (exact) mass is 734 g/mol. The second kappa shape index (κ2) is 14.2. The van der Waals surface area contributed by atoms with Gasteiger partial charge in [0.2, 0.25) is 0 Å². The van der Waals surface area contributed by atoms with E-state index < -0.39 is 0 Å².